The lowest BCUT2D eigenvalue weighted by atomic mass is 10.1. The predicted octanol–water partition coefficient (Wildman–Crippen LogP) is 15.5. The molecule has 0 bridgehead atoms. The summed E-state index contributed by atoms with van der Waals surface area (Å²) < 4.78 is 2.37. The second kappa shape index (κ2) is 15.6. The van der Waals surface area contributed by atoms with E-state index >= 15 is 0 Å². The Morgan fingerprint density at radius 2 is 0.576 bits per heavy atom. The molecule has 0 amide bonds. The highest BCUT2D eigenvalue weighted by molar-refractivity contribution is 6.09. The van der Waals surface area contributed by atoms with Gasteiger partial charge in [-0.25, -0.2) is 0 Å². The van der Waals surface area contributed by atoms with Crippen LogP contribution in [0.2, 0.25) is 0 Å². The summed E-state index contributed by atoms with van der Waals surface area (Å²) in [5.41, 5.74) is 14.5. The van der Waals surface area contributed by atoms with Gasteiger partial charge in [0.05, 0.1) is 11.0 Å². The summed E-state index contributed by atoms with van der Waals surface area (Å²) in [6.07, 6.45) is 0. The van der Waals surface area contributed by atoms with Crippen LogP contribution in [-0.2, 0) is 0 Å². The third-order valence-corrected chi connectivity index (χ3v) is 11.0. The lowest BCUT2D eigenvalue weighted by molar-refractivity contribution is 1.17. The summed E-state index contributed by atoms with van der Waals surface area (Å²) in [7, 11) is 0. The van der Waals surface area contributed by atoms with E-state index in [9.17, 15) is 0 Å². The van der Waals surface area contributed by atoms with Crippen LogP contribution in [0.25, 0.3) is 27.5 Å². The molecule has 4 nitrogen and oxygen atoms in total. The average molecular weight is 759 g/mol. The first-order valence-electron chi connectivity index (χ1n) is 20.1. The summed E-state index contributed by atoms with van der Waals surface area (Å²) in [4.78, 5) is 6.96. The maximum atomic E-state index is 2.37. The molecule has 0 radical (unpaired) electrons. The fourth-order valence-electron chi connectivity index (χ4n) is 8.29. The Labute approximate surface area is 345 Å². The SMILES string of the molecule is Cc1cccc(N(c2ccccc2)c2ccc(N(c3ccc(N(c4ccccc4)c4ccccc4)cc3)c3ccc(-n4c5ccccc5c5ccccc54)cc3)cc2)c1. The quantitative estimate of drug-likeness (QED) is 0.138. The molecule has 0 fully saturated rings. The van der Waals surface area contributed by atoms with Gasteiger partial charge in [-0.2, -0.15) is 0 Å². The first-order chi connectivity index (χ1) is 29.2. The molecule has 1 aromatic heterocycles. The van der Waals surface area contributed by atoms with Gasteiger partial charge in [0.15, 0.2) is 0 Å². The van der Waals surface area contributed by atoms with Crippen molar-refractivity contribution in [2.24, 2.45) is 0 Å². The normalized spacial score (nSPS) is 11.1. The second-order valence-corrected chi connectivity index (χ2v) is 14.8. The van der Waals surface area contributed by atoms with Crippen LogP contribution in [0.3, 0.4) is 0 Å². The topological polar surface area (TPSA) is 14.7 Å². The van der Waals surface area contributed by atoms with Gasteiger partial charge in [-0.3, -0.25) is 0 Å². The largest absolute Gasteiger partial charge is 0.311 e. The first-order valence-corrected chi connectivity index (χ1v) is 20.1. The van der Waals surface area contributed by atoms with Crippen molar-refractivity contribution in [1.82, 2.24) is 4.57 Å². The fourth-order valence-corrected chi connectivity index (χ4v) is 8.29. The zero-order valence-electron chi connectivity index (χ0n) is 32.8. The van der Waals surface area contributed by atoms with E-state index in [4.69, 9.17) is 0 Å². The van der Waals surface area contributed by atoms with Crippen LogP contribution in [-0.4, -0.2) is 4.57 Å². The van der Waals surface area contributed by atoms with Gasteiger partial charge in [0.2, 0.25) is 0 Å². The van der Waals surface area contributed by atoms with Gasteiger partial charge >= 0.3 is 0 Å². The molecule has 0 atom stereocenters. The number of anilines is 9. The van der Waals surface area contributed by atoms with Crippen LogP contribution < -0.4 is 14.7 Å². The fraction of sp³-hybridized carbons (Fsp3) is 0.0182. The summed E-state index contributed by atoms with van der Waals surface area (Å²) in [6.45, 7) is 2.14. The molecule has 10 rings (SSSR count). The van der Waals surface area contributed by atoms with Gasteiger partial charge in [0.1, 0.15) is 0 Å². The van der Waals surface area contributed by atoms with Gasteiger partial charge in [0.25, 0.3) is 0 Å². The Balaban J connectivity index is 1.08. The highest BCUT2D eigenvalue weighted by Gasteiger charge is 2.19. The molecule has 0 spiro atoms. The molecule has 10 aromatic rings. The van der Waals surface area contributed by atoms with Crippen molar-refractivity contribution in [3.8, 4) is 5.69 Å². The monoisotopic (exact) mass is 758 g/mol. The van der Waals surface area contributed by atoms with E-state index in [1.807, 2.05) is 0 Å². The molecule has 0 saturated carbocycles. The summed E-state index contributed by atoms with van der Waals surface area (Å²) in [6, 6.07) is 84.5. The van der Waals surface area contributed by atoms with Crippen molar-refractivity contribution >= 4 is 73.0 Å². The lowest BCUT2D eigenvalue weighted by Crippen LogP contribution is -2.13. The first kappa shape index (κ1) is 35.6. The number of aromatic nitrogens is 1. The Morgan fingerprint density at radius 3 is 0.966 bits per heavy atom. The number of hydrogen-bond acceptors (Lipinski definition) is 3. The Morgan fingerprint density at radius 1 is 0.271 bits per heavy atom. The van der Waals surface area contributed by atoms with E-state index in [-0.39, 0.29) is 0 Å². The minimum atomic E-state index is 1.06. The number of para-hydroxylation sites is 5. The minimum Gasteiger partial charge on any atom is -0.311 e. The Kier molecular flexibility index (Phi) is 9.41. The van der Waals surface area contributed by atoms with Crippen molar-refractivity contribution in [1.29, 1.82) is 0 Å². The molecule has 282 valence electrons. The number of benzene rings is 9. The number of fused-ring (bicyclic) bond motifs is 3. The van der Waals surface area contributed by atoms with Crippen molar-refractivity contribution in [2.75, 3.05) is 14.7 Å². The van der Waals surface area contributed by atoms with Crippen molar-refractivity contribution in [3.63, 3.8) is 0 Å². The van der Waals surface area contributed by atoms with Gasteiger partial charge in [-0.05, 0) is 146 Å². The smallest absolute Gasteiger partial charge is 0.0541 e. The number of hydrogen-bond donors (Lipinski definition) is 0. The second-order valence-electron chi connectivity index (χ2n) is 14.8. The molecule has 1 heterocycles. The summed E-state index contributed by atoms with van der Waals surface area (Å²) in [5.74, 6) is 0. The van der Waals surface area contributed by atoms with Gasteiger partial charge in [-0.1, -0.05) is 103 Å². The molecule has 0 aliphatic rings. The summed E-state index contributed by atoms with van der Waals surface area (Å²) in [5, 5.41) is 2.51. The number of nitrogens with zero attached hydrogens (tertiary/aromatic N) is 4. The molecule has 59 heavy (non-hydrogen) atoms. The Hall–Kier alpha value is -7.82. The lowest BCUT2D eigenvalue weighted by Gasteiger charge is -2.29. The maximum absolute atomic E-state index is 2.37. The molecule has 9 aromatic carbocycles. The molecule has 0 aliphatic heterocycles. The van der Waals surface area contributed by atoms with Crippen LogP contribution in [0.1, 0.15) is 5.56 Å². The van der Waals surface area contributed by atoms with E-state index in [0.717, 1.165) is 56.9 Å². The van der Waals surface area contributed by atoms with Gasteiger partial charge in [0, 0.05) is 67.6 Å². The number of rotatable bonds is 10. The van der Waals surface area contributed by atoms with Gasteiger partial charge < -0.3 is 19.3 Å². The van der Waals surface area contributed by atoms with E-state index in [0.29, 0.717) is 0 Å². The third-order valence-electron chi connectivity index (χ3n) is 11.0. The van der Waals surface area contributed by atoms with Crippen LogP contribution in [0.4, 0.5) is 51.2 Å². The van der Waals surface area contributed by atoms with Crippen LogP contribution in [0, 0.1) is 6.92 Å². The molecular formula is C55H42N4. The van der Waals surface area contributed by atoms with Crippen molar-refractivity contribution < 1.29 is 0 Å². The molecule has 4 heteroatoms. The molecule has 0 N–H and O–H groups in total. The third kappa shape index (κ3) is 6.87. The zero-order valence-corrected chi connectivity index (χ0v) is 32.8. The molecular weight excluding hydrogens is 717 g/mol. The molecule has 0 aliphatic carbocycles. The minimum absolute atomic E-state index is 1.06. The predicted molar refractivity (Wildman–Crippen MR) is 250 cm³/mol. The van der Waals surface area contributed by atoms with Crippen molar-refractivity contribution in [3.05, 3.63) is 242 Å². The number of aryl methyl sites for hydroxylation is 1. The van der Waals surface area contributed by atoms with Crippen LogP contribution in [0.5, 0.6) is 0 Å². The maximum Gasteiger partial charge on any atom is 0.0541 e. The zero-order chi connectivity index (χ0) is 39.5. The van der Waals surface area contributed by atoms with E-state index in [1.165, 1.54) is 27.4 Å². The average Bonchev–Trinajstić information content (AvgIpc) is 3.64. The standard InChI is InChI=1S/C55H42N4/c1-41-16-15-23-51(40-41)58(44-21-9-4-10-22-44)49-34-32-47(33-35-49)57(46-30-28-45(29-31-46)56(42-17-5-2-6-18-42)43-19-7-3-8-20-43)48-36-38-50(39-37-48)59-54-26-13-11-24-52(54)53-25-12-14-27-55(53)59/h2-40H,1H3. The Bertz CT molecular complexity index is 2880. The summed E-state index contributed by atoms with van der Waals surface area (Å²) >= 11 is 0. The van der Waals surface area contributed by atoms with E-state index in [2.05, 4.69) is 263 Å². The van der Waals surface area contributed by atoms with Crippen LogP contribution >= 0.6 is 0 Å². The van der Waals surface area contributed by atoms with E-state index < -0.39 is 0 Å². The van der Waals surface area contributed by atoms with Crippen molar-refractivity contribution in [2.45, 2.75) is 6.92 Å². The van der Waals surface area contributed by atoms with E-state index in [1.54, 1.807) is 0 Å². The van der Waals surface area contributed by atoms with Crippen LogP contribution in [0.15, 0.2) is 237 Å². The highest BCUT2D eigenvalue weighted by Crippen LogP contribution is 2.42. The highest BCUT2D eigenvalue weighted by atomic mass is 15.2. The van der Waals surface area contributed by atoms with Gasteiger partial charge in [-0.15, -0.1) is 0 Å². The molecule has 0 saturated heterocycles. The molecule has 0 unspecified atom stereocenters.